The molecule has 0 atom stereocenters. The average Bonchev–Trinajstić information content (AvgIpc) is 2.92. The lowest BCUT2D eigenvalue weighted by Crippen LogP contribution is -2.19. The standard InChI is InChI=1S/C27H19ClF3N5O5/c28-21-7-4-17(12-20(21)27(29,30)31)35-26(40)34-16-2-5-18(6-3-16)41-19-9-10-32-22(13-19)25(39)36-33-14-15-1-8-23(37)24(38)11-15/h1-14,37-38H,(H,36,39)(H2,34,35,40)/b33-14+. The third-order valence-electron chi connectivity index (χ3n) is 5.22. The van der Waals surface area contributed by atoms with Gasteiger partial charge >= 0.3 is 12.2 Å². The number of amides is 3. The van der Waals surface area contributed by atoms with Gasteiger partial charge in [0.25, 0.3) is 5.91 Å². The monoisotopic (exact) mass is 585 g/mol. The van der Waals surface area contributed by atoms with Crippen LogP contribution in [0.3, 0.4) is 0 Å². The molecule has 5 N–H and O–H groups in total. The minimum atomic E-state index is -4.67. The summed E-state index contributed by atoms with van der Waals surface area (Å²) in [5.74, 6) is -0.628. The van der Waals surface area contributed by atoms with Gasteiger partial charge < -0.3 is 25.6 Å². The van der Waals surface area contributed by atoms with Gasteiger partial charge in [-0.2, -0.15) is 18.3 Å². The molecule has 0 unspecified atom stereocenters. The van der Waals surface area contributed by atoms with Gasteiger partial charge in [-0.25, -0.2) is 10.2 Å². The maximum atomic E-state index is 13.0. The molecule has 4 rings (SSSR count). The summed E-state index contributed by atoms with van der Waals surface area (Å²) in [4.78, 5) is 28.6. The lowest BCUT2D eigenvalue weighted by molar-refractivity contribution is -0.137. The number of alkyl halides is 3. The molecule has 0 radical (unpaired) electrons. The topological polar surface area (TPSA) is 145 Å². The number of aromatic hydroxyl groups is 2. The zero-order valence-electron chi connectivity index (χ0n) is 20.6. The van der Waals surface area contributed by atoms with Crippen molar-refractivity contribution in [1.29, 1.82) is 0 Å². The van der Waals surface area contributed by atoms with Crippen LogP contribution in [0.25, 0.3) is 0 Å². The van der Waals surface area contributed by atoms with Crippen molar-refractivity contribution >= 4 is 41.1 Å². The fraction of sp³-hybridized carbons (Fsp3) is 0.0370. The SMILES string of the molecule is O=C(Nc1ccc(Oc2ccnc(C(=O)N/N=C/c3ccc(O)c(O)c3)c2)cc1)Nc1ccc(Cl)c(C(F)(F)F)c1. The van der Waals surface area contributed by atoms with E-state index in [1.165, 1.54) is 73.1 Å². The first-order chi connectivity index (χ1) is 19.5. The number of pyridine rings is 1. The maximum Gasteiger partial charge on any atom is 0.417 e. The Morgan fingerprint density at radius 3 is 2.29 bits per heavy atom. The van der Waals surface area contributed by atoms with E-state index in [9.17, 15) is 33.0 Å². The van der Waals surface area contributed by atoms with Crippen molar-refractivity contribution in [2.24, 2.45) is 5.10 Å². The third-order valence-corrected chi connectivity index (χ3v) is 5.55. The zero-order valence-corrected chi connectivity index (χ0v) is 21.4. The molecular weight excluding hydrogens is 567 g/mol. The number of rotatable bonds is 7. The number of carbonyl (C=O) groups is 2. The molecule has 210 valence electrons. The van der Waals surface area contributed by atoms with Crippen LogP contribution in [0.15, 0.2) is 84.1 Å². The first-order valence-corrected chi connectivity index (χ1v) is 11.9. The third kappa shape index (κ3) is 7.86. The van der Waals surface area contributed by atoms with Crippen molar-refractivity contribution in [3.05, 3.63) is 101 Å². The van der Waals surface area contributed by atoms with Crippen molar-refractivity contribution in [1.82, 2.24) is 10.4 Å². The molecule has 1 aromatic heterocycles. The van der Waals surface area contributed by atoms with Crippen LogP contribution in [-0.2, 0) is 6.18 Å². The van der Waals surface area contributed by atoms with Gasteiger partial charge in [-0.1, -0.05) is 11.6 Å². The number of hydrazone groups is 1. The van der Waals surface area contributed by atoms with Crippen LogP contribution in [0.5, 0.6) is 23.0 Å². The molecule has 1 heterocycles. The first kappa shape index (κ1) is 28.7. The predicted molar refractivity (Wildman–Crippen MR) is 145 cm³/mol. The van der Waals surface area contributed by atoms with Crippen LogP contribution in [0.2, 0.25) is 5.02 Å². The van der Waals surface area contributed by atoms with Crippen LogP contribution in [-0.4, -0.2) is 33.3 Å². The van der Waals surface area contributed by atoms with Gasteiger partial charge in [-0.15, -0.1) is 0 Å². The van der Waals surface area contributed by atoms with Crippen molar-refractivity contribution in [2.45, 2.75) is 6.18 Å². The van der Waals surface area contributed by atoms with Gasteiger partial charge in [0, 0.05) is 23.6 Å². The summed E-state index contributed by atoms with van der Waals surface area (Å²) in [6.07, 6.45) is -2.05. The molecule has 0 spiro atoms. The average molecular weight is 586 g/mol. The van der Waals surface area contributed by atoms with E-state index in [2.05, 4.69) is 26.1 Å². The molecule has 0 aliphatic rings. The van der Waals surface area contributed by atoms with E-state index in [0.717, 1.165) is 12.1 Å². The number of aromatic nitrogens is 1. The summed E-state index contributed by atoms with van der Waals surface area (Å²) in [6.45, 7) is 0. The number of anilines is 2. The number of benzene rings is 3. The summed E-state index contributed by atoms with van der Waals surface area (Å²) < 4.78 is 44.8. The van der Waals surface area contributed by atoms with E-state index in [-0.39, 0.29) is 28.6 Å². The van der Waals surface area contributed by atoms with Gasteiger partial charge in [-0.3, -0.25) is 9.78 Å². The number of halogens is 4. The van der Waals surface area contributed by atoms with Gasteiger partial charge in [0.1, 0.15) is 17.2 Å². The normalized spacial score (nSPS) is 11.2. The molecule has 10 nitrogen and oxygen atoms in total. The second-order valence-corrected chi connectivity index (χ2v) is 8.63. The number of phenols is 2. The van der Waals surface area contributed by atoms with E-state index < -0.39 is 28.7 Å². The Labute approximate surface area is 235 Å². The number of phenolic OH excluding ortho intramolecular Hbond substituents is 2. The van der Waals surface area contributed by atoms with E-state index >= 15 is 0 Å². The summed E-state index contributed by atoms with van der Waals surface area (Å²) in [5, 5.41) is 27.0. The minimum absolute atomic E-state index is 0.000888. The summed E-state index contributed by atoms with van der Waals surface area (Å²) >= 11 is 5.59. The molecule has 4 aromatic rings. The van der Waals surface area contributed by atoms with Crippen molar-refractivity contribution < 1.29 is 37.7 Å². The second-order valence-electron chi connectivity index (χ2n) is 8.22. The van der Waals surface area contributed by atoms with Crippen molar-refractivity contribution in [3.8, 4) is 23.0 Å². The zero-order chi connectivity index (χ0) is 29.6. The van der Waals surface area contributed by atoms with Crippen molar-refractivity contribution in [3.63, 3.8) is 0 Å². The highest BCUT2D eigenvalue weighted by Gasteiger charge is 2.33. The number of urea groups is 1. The van der Waals surface area contributed by atoms with Gasteiger partial charge in [0.2, 0.25) is 0 Å². The molecule has 14 heteroatoms. The fourth-order valence-corrected chi connectivity index (χ4v) is 3.52. The molecule has 0 saturated carbocycles. The largest absolute Gasteiger partial charge is 0.504 e. The summed E-state index contributed by atoms with van der Waals surface area (Å²) in [6, 6.07) is 15.2. The minimum Gasteiger partial charge on any atom is -0.504 e. The first-order valence-electron chi connectivity index (χ1n) is 11.5. The lowest BCUT2D eigenvalue weighted by Gasteiger charge is -2.12. The fourth-order valence-electron chi connectivity index (χ4n) is 3.30. The van der Waals surface area contributed by atoms with Gasteiger partial charge in [-0.05, 0) is 72.3 Å². The van der Waals surface area contributed by atoms with Gasteiger partial charge in [0.05, 0.1) is 16.8 Å². The Hall–Kier alpha value is -5.30. The van der Waals surface area contributed by atoms with E-state index in [0.29, 0.717) is 17.0 Å². The molecular formula is C27H19ClF3N5O5. The van der Waals surface area contributed by atoms with Crippen LogP contribution < -0.4 is 20.8 Å². The second kappa shape index (κ2) is 12.3. The summed E-state index contributed by atoms with van der Waals surface area (Å²) in [7, 11) is 0. The molecule has 3 aromatic carbocycles. The quantitative estimate of drug-likeness (QED) is 0.0968. The Morgan fingerprint density at radius 1 is 0.878 bits per heavy atom. The molecule has 0 aliphatic carbocycles. The molecule has 0 bridgehead atoms. The van der Waals surface area contributed by atoms with Crippen LogP contribution in [0, 0.1) is 0 Å². The highest BCUT2D eigenvalue weighted by Crippen LogP contribution is 2.36. The Kier molecular flexibility index (Phi) is 8.58. The van der Waals surface area contributed by atoms with E-state index in [1.807, 2.05) is 0 Å². The number of nitrogens with one attached hydrogen (secondary N) is 3. The molecule has 3 amide bonds. The molecule has 41 heavy (non-hydrogen) atoms. The Morgan fingerprint density at radius 2 is 1.59 bits per heavy atom. The molecule has 0 saturated heterocycles. The maximum absolute atomic E-state index is 13.0. The number of nitrogens with zero attached hydrogens (tertiary/aromatic N) is 2. The highest BCUT2D eigenvalue weighted by molar-refractivity contribution is 6.31. The predicted octanol–water partition coefficient (Wildman–Crippen LogP) is 6.37. The number of hydrogen-bond acceptors (Lipinski definition) is 7. The van der Waals surface area contributed by atoms with Crippen LogP contribution in [0.4, 0.5) is 29.3 Å². The Balaban J connectivity index is 1.32. The number of hydrogen-bond donors (Lipinski definition) is 5. The van der Waals surface area contributed by atoms with E-state index in [4.69, 9.17) is 16.3 Å². The van der Waals surface area contributed by atoms with Gasteiger partial charge in [0.15, 0.2) is 11.5 Å². The van der Waals surface area contributed by atoms with Crippen molar-refractivity contribution in [2.75, 3.05) is 10.6 Å². The highest BCUT2D eigenvalue weighted by atomic mass is 35.5. The summed E-state index contributed by atoms with van der Waals surface area (Å²) in [5.41, 5.74) is 1.88. The van der Waals surface area contributed by atoms with E-state index in [1.54, 1.807) is 0 Å². The van der Waals surface area contributed by atoms with Crippen LogP contribution in [0.1, 0.15) is 21.6 Å². The lowest BCUT2D eigenvalue weighted by atomic mass is 10.2. The number of carbonyl (C=O) groups excluding carboxylic acids is 2. The van der Waals surface area contributed by atoms with Crippen LogP contribution >= 0.6 is 11.6 Å². The number of ether oxygens (including phenoxy) is 1. The molecule has 0 aliphatic heterocycles. The smallest absolute Gasteiger partial charge is 0.417 e. The molecule has 0 fully saturated rings. The Bertz CT molecular complexity index is 1610.